The van der Waals surface area contributed by atoms with Crippen molar-refractivity contribution in [3.63, 3.8) is 0 Å². The Hall–Kier alpha value is -0.400. The molecule has 1 atom stereocenters. The third-order valence-electron chi connectivity index (χ3n) is 1.12. The van der Waals surface area contributed by atoms with E-state index in [4.69, 9.17) is 4.89 Å². The van der Waals surface area contributed by atoms with Crippen LogP contribution in [0.5, 0.6) is 0 Å². The van der Waals surface area contributed by atoms with E-state index in [1.807, 2.05) is 6.08 Å². The highest BCUT2D eigenvalue weighted by atomic mass is 31.1. The molecular formula is C5H8O3P+. The zero-order valence-electron chi connectivity index (χ0n) is 4.86. The Bertz CT molecular complexity index is 139. The van der Waals surface area contributed by atoms with Crippen molar-refractivity contribution in [2.24, 2.45) is 5.92 Å². The third kappa shape index (κ3) is 3.22. The second-order valence-electron chi connectivity index (χ2n) is 2.01. The molecule has 0 aromatic rings. The van der Waals surface area contributed by atoms with Crippen molar-refractivity contribution in [1.29, 1.82) is 0 Å². The van der Waals surface area contributed by atoms with Gasteiger partial charge in [0.1, 0.15) is 0 Å². The van der Waals surface area contributed by atoms with Gasteiger partial charge in [-0.3, -0.25) is 0 Å². The fourth-order valence-electron chi connectivity index (χ4n) is 0.487. The van der Waals surface area contributed by atoms with E-state index in [1.165, 1.54) is 19.1 Å². The van der Waals surface area contributed by atoms with E-state index in [0.717, 1.165) is 0 Å². The van der Waals surface area contributed by atoms with Gasteiger partial charge in [-0.1, -0.05) is 0 Å². The first-order chi connectivity index (χ1) is 4.29. The van der Waals surface area contributed by atoms with Gasteiger partial charge >= 0.3 is 8.25 Å². The average Bonchev–Trinajstić information content (AvgIpc) is 2.48. The van der Waals surface area contributed by atoms with Crippen LogP contribution in [-0.4, -0.2) is 4.89 Å². The summed E-state index contributed by atoms with van der Waals surface area (Å²) in [7, 11) is -2.44. The molecule has 0 aromatic heterocycles. The number of hydrogen-bond donors (Lipinski definition) is 1. The summed E-state index contributed by atoms with van der Waals surface area (Å²) in [6.07, 6.45) is 5.48. The minimum Gasteiger partial charge on any atom is -0.238 e. The summed E-state index contributed by atoms with van der Waals surface area (Å²) in [6.45, 7) is 0. The molecule has 1 N–H and O–H groups in total. The molecule has 0 aromatic carbocycles. The van der Waals surface area contributed by atoms with Crippen molar-refractivity contribution >= 4 is 8.25 Å². The van der Waals surface area contributed by atoms with Crippen LogP contribution in [0, 0.1) is 5.92 Å². The van der Waals surface area contributed by atoms with Gasteiger partial charge in [-0.05, 0) is 24.8 Å². The molecule has 1 aliphatic carbocycles. The maximum atomic E-state index is 9.88. The van der Waals surface area contributed by atoms with E-state index >= 15 is 0 Å². The minimum absolute atomic E-state index is 0.597. The Morgan fingerprint density at radius 1 is 1.67 bits per heavy atom. The van der Waals surface area contributed by atoms with Crippen molar-refractivity contribution in [3.8, 4) is 0 Å². The van der Waals surface area contributed by atoms with E-state index in [9.17, 15) is 4.57 Å². The lowest BCUT2D eigenvalue weighted by atomic mass is 10.4. The van der Waals surface area contributed by atoms with Gasteiger partial charge in [0.15, 0.2) is 6.26 Å². The summed E-state index contributed by atoms with van der Waals surface area (Å²) < 4.78 is 14.2. The number of rotatable bonds is 3. The van der Waals surface area contributed by atoms with E-state index in [1.54, 1.807) is 0 Å². The predicted octanol–water partition coefficient (Wildman–Crippen LogP) is 1.58. The van der Waals surface area contributed by atoms with Gasteiger partial charge in [0.2, 0.25) is 0 Å². The van der Waals surface area contributed by atoms with Crippen LogP contribution in [0.25, 0.3) is 0 Å². The molecule has 0 bridgehead atoms. The molecular weight excluding hydrogens is 139 g/mol. The van der Waals surface area contributed by atoms with E-state index < -0.39 is 8.25 Å². The Morgan fingerprint density at radius 3 is 2.78 bits per heavy atom. The van der Waals surface area contributed by atoms with Crippen LogP contribution < -0.4 is 0 Å². The van der Waals surface area contributed by atoms with Gasteiger partial charge in [0, 0.05) is 4.57 Å². The molecule has 0 saturated heterocycles. The van der Waals surface area contributed by atoms with Crippen molar-refractivity contribution in [3.05, 3.63) is 12.3 Å². The fraction of sp³-hybridized carbons (Fsp3) is 0.600. The Labute approximate surface area is 54.3 Å². The Kier molecular flexibility index (Phi) is 2.20. The monoisotopic (exact) mass is 147 g/mol. The molecule has 0 radical (unpaired) electrons. The lowest BCUT2D eigenvalue weighted by Crippen LogP contribution is -1.65. The smallest absolute Gasteiger partial charge is 0.238 e. The van der Waals surface area contributed by atoms with Gasteiger partial charge in [0.25, 0.3) is 0 Å². The molecule has 0 amide bonds. The van der Waals surface area contributed by atoms with Crippen molar-refractivity contribution in [2.45, 2.75) is 12.8 Å². The molecule has 0 aliphatic heterocycles. The summed E-state index contributed by atoms with van der Waals surface area (Å²) in [5.74, 6) is 0.597. The summed E-state index contributed by atoms with van der Waals surface area (Å²) >= 11 is 0. The number of hydrogen-bond acceptors (Lipinski definition) is 2. The van der Waals surface area contributed by atoms with Crippen LogP contribution in [0.3, 0.4) is 0 Å². The van der Waals surface area contributed by atoms with Gasteiger partial charge in [-0.15, -0.1) is 4.89 Å². The highest BCUT2D eigenvalue weighted by molar-refractivity contribution is 7.32. The second-order valence-corrected chi connectivity index (χ2v) is 2.70. The maximum absolute atomic E-state index is 9.88. The average molecular weight is 147 g/mol. The normalized spacial score (nSPS) is 20.3. The summed E-state index contributed by atoms with van der Waals surface area (Å²) in [5.41, 5.74) is 0. The molecule has 50 valence electrons. The Morgan fingerprint density at radius 2 is 2.33 bits per heavy atom. The molecule has 0 spiro atoms. The van der Waals surface area contributed by atoms with Crippen LogP contribution in [-0.2, 0) is 9.09 Å². The Balaban J connectivity index is 2.08. The first-order valence-electron chi connectivity index (χ1n) is 2.78. The SMILES string of the molecule is O=[P+](O)OC=CC1CC1. The van der Waals surface area contributed by atoms with Crippen molar-refractivity contribution in [2.75, 3.05) is 0 Å². The fourth-order valence-corrected chi connectivity index (χ4v) is 0.661. The molecule has 3 nitrogen and oxygen atoms in total. The second kappa shape index (κ2) is 2.95. The van der Waals surface area contributed by atoms with Crippen LogP contribution in [0.4, 0.5) is 0 Å². The lowest BCUT2D eigenvalue weighted by molar-refractivity contribution is 0.377. The molecule has 9 heavy (non-hydrogen) atoms. The van der Waals surface area contributed by atoms with Crippen LogP contribution in [0.15, 0.2) is 12.3 Å². The lowest BCUT2D eigenvalue weighted by Gasteiger charge is -1.74. The van der Waals surface area contributed by atoms with Crippen molar-refractivity contribution < 1.29 is 14.0 Å². The summed E-state index contributed by atoms with van der Waals surface area (Å²) in [6, 6.07) is 0. The molecule has 1 rings (SSSR count). The zero-order valence-corrected chi connectivity index (χ0v) is 5.75. The van der Waals surface area contributed by atoms with Gasteiger partial charge in [0.05, 0.1) is 0 Å². The quantitative estimate of drug-likeness (QED) is 0.486. The number of allylic oxidation sites excluding steroid dienone is 1. The van der Waals surface area contributed by atoms with Crippen LogP contribution >= 0.6 is 8.25 Å². The van der Waals surface area contributed by atoms with Crippen LogP contribution in [0.1, 0.15) is 12.8 Å². The van der Waals surface area contributed by atoms with Gasteiger partial charge in [-0.25, -0.2) is 4.52 Å². The first-order valence-corrected chi connectivity index (χ1v) is 3.91. The summed E-state index contributed by atoms with van der Waals surface area (Å²) in [4.78, 5) is 8.12. The molecule has 1 aliphatic rings. The van der Waals surface area contributed by atoms with Gasteiger partial charge in [-0.2, -0.15) is 0 Å². The third-order valence-corrected chi connectivity index (χ3v) is 1.43. The maximum Gasteiger partial charge on any atom is 0.746 e. The first kappa shape index (κ1) is 6.72. The summed E-state index contributed by atoms with van der Waals surface area (Å²) in [5, 5.41) is 0. The van der Waals surface area contributed by atoms with E-state index in [0.29, 0.717) is 5.92 Å². The molecule has 1 unspecified atom stereocenters. The van der Waals surface area contributed by atoms with E-state index in [-0.39, 0.29) is 0 Å². The molecule has 0 heterocycles. The largest absolute Gasteiger partial charge is 0.746 e. The van der Waals surface area contributed by atoms with Crippen molar-refractivity contribution in [1.82, 2.24) is 0 Å². The highest BCUT2D eigenvalue weighted by Gasteiger charge is 2.18. The molecule has 1 fully saturated rings. The zero-order chi connectivity index (χ0) is 6.69. The molecule has 1 saturated carbocycles. The highest BCUT2D eigenvalue weighted by Crippen LogP contribution is 2.30. The van der Waals surface area contributed by atoms with Gasteiger partial charge < -0.3 is 0 Å². The molecule has 4 heteroatoms. The topological polar surface area (TPSA) is 46.5 Å². The predicted molar refractivity (Wildman–Crippen MR) is 32.8 cm³/mol. The van der Waals surface area contributed by atoms with Crippen LogP contribution in [0.2, 0.25) is 0 Å². The minimum atomic E-state index is -2.44. The van der Waals surface area contributed by atoms with E-state index in [2.05, 4.69) is 4.52 Å². The standard InChI is InChI=1S/C5H7O3P/c6-9(7)8-4-3-5-1-2-5/h3-5H,1-2H2/p+1.